The maximum absolute atomic E-state index is 8.23. The van der Waals surface area contributed by atoms with Crippen LogP contribution < -0.4 is 0 Å². The number of hydrogen-bond acceptors (Lipinski definition) is 1. The minimum Gasteiger partial charge on any atom is -0.462 e. The first-order chi connectivity index (χ1) is 5.43. The van der Waals surface area contributed by atoms with Gasteiger partial charge in [0.15, 0.2) is 0 Å². The van der Waals surface area contributed by atoms with Gasteiger partial charge in [-0.3, -0.25) is 0 Å². The first-order valence-corrected chi connectivity index (χ1v) is 4.55. The summed E-state index contributed by atoms with van der Waals surface area (Å²) in [5, 5.41) is 8.23. The van der Waals surface area contributed by atoms with Crippen LogP contribution >= 0.6 is 0 Å². The fraction of sp³-hybridized carbons (Fsp3) is 0.800. The van der Waals surface area contributed by atoms with Gasteiger partial charge in [0.2, 0.25) is 0 Å². The molecular weight excluding hydrogens is 136 g/mol. The van der Waals surface area contributed by atoms with Crippen molar-refractivity contribution in [2.45, 2.75) is 44.9 Å². The molecule has 1 heteroatoms. The van der Waals surface area contributed by atoms with Crippen molar-refractivity contribution in [2.24, 2.45) is 5.92 Å². The van der Waals surface area contributed by atoms with Gasteiger partial charge >= 0.3 is 0 Å². The summed E-state index contributed by atoms with van der Waals surface area (Å²) in [5.74, 6) is 3.59. The van der Waals surface area contributed by atoms with E-state index in [9.17, 15) is 0 Å². The highest BCUT2D eigenvalue weighted by Gasteiger charge is 2.11. The van der Waals surface area contributed by atoms with Crippen LogP contribution in [0, 0.1) is 17.9 Å². The fourth-order valence-electron chi connectivity index (χ4n) is 1.81. The minimum atomic E-state index is 0.876. The molecule has 1 aliphatic carbocycles. The second-order valence-corrected chi connectivity index (χ2v) is 3.33. The predicted octanol–water partition coefficient (Wildman–Crippen LogP) is 2.68. The standard InChI is InChI=1S/C10H16O/c11-9-5-4-8-10-6-2-1-3-7-10/h10-11H,1-4,6-8H2. The monoisotopic (exact) mass is 152 g/mol. The van der Waals surface area contributed by atoms with E-state index in [0.29, 0.717) is 0 Å². The Labute approximate surface area is 68.8 Å². The average molecular weight is 152 g/mol. The lowest BCUT2D eigenvalue weighted by Gasteiger charge is -2.19. The van der Waals surface area contributed by atoms with Gasteiger partial charge < -0.3 is 5.11 Å². The van der Waals surface area contributed by atoms with E-state index in [0.717, 1.165) is 12.3 Å². The summed E-state index contributed by atoms with van der Waals surface area (Å²) >= 11 is 0. The van der Waals surface area contributed by atoms with E-state index in [4.69, 9.17) is 5.11 Å². The number of rotatable bonds is 2. The van der Waals surface area contributed by atoms with Crippen molar-refractivity contribution in [1.29, 1.82) is 0 Å². The van der Waals surface area contributed by atoms with E-state index in [1.165, 1.54) is 38.5 Å². The number of aliphatic hydroxyl groups excluding tert-OH is 1. The second-order valence-electron chi connectivity index (χ2n) is 3.33. The molecule has 11 heavy (non-hydrogen) atoms. The highest BCUT2D eigenvalue weighted by molar-refractivity contribution is 4.90. The molecule has 0 bridgehead atoms. The van der Waals surface area contributed by atoms with Gasteiger partial charge in [0, 0.05) is 6.42 Å². The first-order valence-electron chi connectivity index (χ1n) is 4.55. The quantitative estimate of drug-likeness (QED) is 0.603. The topological polar surface area (TPSA) is 20.2 Å². The van der Waals surface area contributed by atoms with E-state index in [-0.39, 0.29) is 0 Å². The molecule has 0 amide bonds. The normalized spacial score (nSPS) is 18.9. The van der Waals surface area contributed by atoms with Crippen LogP contribution in [0.15, 0.2) is 0 Å². The van der Waals surface area contributed by atoms with E-state index in [1.807, 2.05) is 6.11 Å². The SMILES string of the molecule is OC#CCCC1CCCCC1. The van der Waals surface area contributed by atoms with Crippen LogP contribution in [-0.2, 0) is 0 Å². The van der Waals surface area contributed by atoms with Crippen molar-refractivity contribution < 1.29 is 5.11 Å². The maximum Gasteiger partial charge on any atom is 0.107 e. The smallest absolute Gasteiger partial charge is 0.107 e. The van der Waals surface area contributed by atoms with Gasteiger partial charge in [-0.15, -0.1) is 0 Å². The van der Waals surface area contributed by atoms with Crippen LogP contribution in [-0.4, -0.2) is 5.11 Å². The largest absolute Gasteiger partial charge is 0.462 e. The Bertz CT molecular complexity index is 146. The van der Waals surface area contributed by atoms with Crippen molar-refractivity contribution in [2.75, 3.05) is 0 Å². The van der Waals surface area contributed by atoms with Gasteiger partial charge in [-0.1, -0.05) is 38.0 Å². The van der Waals surface area contributed by atoms with Gasteiger partial charge in [-0.25, -0.2) is 0 Å². The molecule has 0 radical (unpaired) electrons. The third-order valence-corrected chi connectivity index (χ3v) is 2.48. The zero-order valence-corrected chi connectivity index (χ0v) is 6.97. The van der Waals surface area contributed by atoms with Crippen LogP contribution in [0.1, 0.15) is 44.9 Å². The molecular formula is C10H16O. The zero-order chi connectivity index (χ0) is 7.94. The predicted molar refractivity (Wildman–Crippen MR) is 45.5 cm³/mol. The first kappa shape index (κ1) is 8.46. The summed E-state index contributed by atoms with van der Waals surface area (Å²) in [4.78, 5) is 0. The second kappa shape index (κ2) is 5.07. The average Bonchev–Trinajstić information content (AvgIpc) is 2.07. The Kier molecular flexibility index (Phi) is 3.90. The Hall–Kier alpha value is -0.640. The van der Waals surface area contributed by atoms with Crippen molar-refractivity contribution in [3.63, 3.8) is 0 Å². The molecule has 0 spiro atoms. The molecule has 0 atom stereocenters. The van der Waals surface area contributed by atoms with Gasteiger partial charge in [0.25, 0.3) is 0 Å². The fourth-order valence-corrected chi connectivity index (χ4v) is 1.81. The molecule has 0 saturated heterocycles. The number of aliphatic hydroxyl groups is 1. The van der Waals surface area contributed by atoms with Crippen LogP contribution in [0.2, 0.25) is 0 Å². The third-order valence-electron chi connectivity index (χ3n) is 2.48. The summed E-state index contributed by atoms with van der Waals surface area (Å²) in [6.45, 7) is 0. The van der Waals surface area contributed by atoms with Gasteiger partial charge in [0.1, 0.15) is 6.11 Å². The lowest BCUT2D eigenvalue weighted by Crippen LogP contribution is -2.05. The van der Waals surface area contributed by atoms with Crippen LogP contribution in [0.4, 0.5) is 0 Å². The Balaban J connectivity index is 2.08. The lowest BCUT2D eigenvalue weighted by molar-refractivity contribution is 0.342. The van der Waals surface area contributed by atoms with Crippen molar-refractivity contribution in [3.8, 4) is 12.0 Å². The van der Waals surface area contributed by atoms with Gasteiger partial charge in [-0.2, -0.15) is 0 Å². The molecule has 0 aliphatic heterocycles. The Morgan fingerprint density at radius 1 is 1.18 bits per heavy atom. The van der Waals surface area contributed by atoms with E-state index in [2.05, 4.69) is 5.92 Å². The third kappa shape index (κ3) is 3.32. The summed E-state index contributed by atoms with van der Waals surface area (Å²) in [5.41, 5.74) is 0. The highest BCUT2D eigenvalue weighted by Crippen LogP contribution is 2.26. The molecule has 0 aromatic heterocycles. The summed E-state index contributed by atoms with van der Waals surface area (Å²) < 4.78 is 0. The lowest BCUT2D eigenvalue weighted by atomic mass is 9.86. The maximum atomic E-state index is 8.23. The molecule has 1 aliphatic rings. The molecule has 1 fully saturated rings. The summed E-state index contributed by atoms with van der Waals surface area (Å²) in [6, 6.07) is 0. The van der Waals surface area contributed by atoms with Crippen molar-refractivity contribution >= 4 is 0 Å². The molecule has 0 unspecified atom stereocenters. The van der Waals surface area contributed by atoms with Gasteiger partial charge in [0.05, 0.1) is 0 Å². The summed E-state index contributed by atoms with van der Waals surface area (Å²) in [7, 11) is 0. The van der Waals surface area contributed by atoms with E-state index < -0.39 is 0 Å². The molecule has 1 nitrogen and oxygen atoms in total. The molecule has 0 heterocycles. The van der Waals surface area contributed by atoms with Crippen molar-refractivity contribution in [1.82, 2.24) is 0 Å². The molecule has 1 N–H and O–H groups in total. The highest BCUT2D eigenvalue weighted by atomic mass is 16.2. The summed E-state index contributed by atoms with van der Waals surface area (Å²) in [6.07, 6.45) is 11.0. The van der Waals surface area contributed by atoms with E-state index in [1.54, 1.807) is 0 Å². The molecule has 1 saturated carbocycles. The Morgan fingerprint density at radius 2 is 1.91 bits per heavy atom. The van der Waals surface area contributed by atoms with Gasteiger partial charge in [-0.05, 0) is 12.3 Å². The minimum absolute atomic E-state index is 0.876. The van der Waals surface area contributed by atoms with Crippen LogP contribution in [0.25, 0.3) is 0 Å². The molecule has 0 aromatic rings. The Morgan fingerprint density at radius 3 is 2.55 bits per heavy atom. The van der Waals surface area contributed by atoms with Crippen LogP contribution in [0.3, 0.4) is 0 Å². The van der Waals surface area contributed by atoms with Crippen LogP contribution in [0.5, 0.6) is 0 Å². The van der Waals surface area contributed by atoms with Crippen molar-refractivity contribution in [3.05, 3.63) is 0 Å². The van der Waals surface area contributed by atoms with E-state index >= 15 is 0 Å². The molecule has 0 aromatic carbocycles. The molecule has 62 valence electrons. The number of hydrogen-bond donors (Lipinski definition) is 1. The zero-order valence-electron chi connectivity index (χ0n) is 6.97. The molecule has 1 rings (SSSR count).